The van der Waals surface area contributed by atoms with Crippen molar-refractivity contribution >= 4 is 11.8 Å². The monoisotopic (exact) mass is 379 g/mol. The molecule has 2 N–H and O–H groups in total. The molecular weight excluding hydrogens is 358 g/mol. The zero-order valence-electron chi connectivity index (χ0n) is 15.7. The Morgan fingerprint density at radius 1 is 1.21 bits per heavy atom. The van der Waals surface area contributed by atoms with Gasteiger partial charge in [-0.2, -0.15) is 10.2 Å². The molecule has 0 bridgehead atoms. The molecular formula is C19H21N7O2. The van der Waals surface area contributed by atoms with Crippen LogP contribution in [0.3, 0.4) is 0 Å². The van der Waals surface area contributed by atoms with Crippen molar-refractivity contribution in [2.75, 3.05) is 6.54 Å². The molecule has 2 atom stereocenters. The van der Waals surface area contributed by atoms with Gasteiger partial charge in [-0.1, -0.05) is 30.3 Å². The number of carbonyl (C=O) groups excluding carboxylic acids is 2. The van der Waals surface area contributed by atoms with E-state index in [1.807, 2.05) is 30.3 Å². The van der Waals surface area contributed by atoms with Gasteiger partial charge in [0.2, 0.25) is 5.91 Å². The first kappa shape index (κ1) is 17.9. The molecule has 2 aromatic heterocycles. The quantitative estimate of drug-likeness (QED) is 0.710. The van der Waals surface area contributed by atoms with Gasteiger partial charge in [-0.25, -0.2) is 4.98 Å². The Bertz CT molecular complexity index is 995. The van der Waals surface area contributed by atoms with Gasteiger partial charge in [0.15, 0.2) is 5.82 Å². The lowest BCUT2D eigenvalue weighted by Crippen LogP contribution is -2.37. The van der Waals surface area contributed by atoms with Gasteiger partial charge >= 0.3 is 0 Å². The van der Waals surface area contributed by atoms with E-state index in [4.69, 9.17) is 0 Å². The lowest BCUT2D eigenvalue weighted by molar-refractivity contribution is -0.119. The summed E-state index contributed by atoms with van der Waals surface area (Å²) >= 11 is 0. The topological polar surface area (TPSA) is 109 Å². The maximum absolute atomic E-state index is 13.0. The Kier molecular flexibility index (Phi) is 4.64. The Labute approximate surface area is 161 Å². The first-order chi connectivity index (χ1) is 13.5. The summed E-state index contributed by atoms with van der Waals surface area (Å²) in [6, 6.07) is 10.8. The smallest absolute Gasteiger partial charge is 0.275 e. The number of aryl methyl sites for hydroxylation is 1. The summed E-state index contributed by atoms with van der Waals surface area (Å²) in [5.41, 5.74) is 1.25. The number of amides is 2. The molecule has 9 heteroatoms. The second-order valence-corrected chi connectivity index (χ2v) is 6.89. The SMILES string of the molecule is CC(=O)NC1CC(c2nc(-c3ccccc3)n[nH]2)N(C(=O)c2ccn(C)n2)C1. The van der Waals surface area contributed by atoms with Crippen molar-refractivity contribution in [2.45, 2.75) is 25.4 Å². The Morgan fingerprint density at radius 3 is 2.68 bits per heavy atom. The highest BCUT2D eigenvalue weighted by atomic mass is 16.2. The molecule has 1 fully saturated rings. The van der Waals surface area contributed by atoms with Crippen molar-refractivity contribution in [3.05, 3.63) is 54.1 Å². The third-order valence-electron chi connectivity index (χ3n) is 4.75. The lowest BCUT2D eigenvalue weighted by Gasteiger charge is -2.21. The molecule has 1 aromatic carbocycles. The number of aromatic nitrogens is 5. The molecule has 1 aliphatic heterocycles. The van der Waals surface area contributed by atoms with Gasteiger partial charge in [0, 0.05) is 38.3 Å². The highest BCUT2D eigenvalue weighted by Crippen LogP contribution is 2.32. The molecule has 4 rings (SSSR count). The largest absolute Gasteiger partial charge is 0.352 e. The second-order valence-electron chi connectivity index (χ2n) is 6.89. The Morgan fingerprint density at radius 2 is 2.00 bits per heavy atom. The summed E-state index contributed by atoms with van der Waals surface area (Å²) in [4.78, 5) is 30.8. The fourth-order valence-corrected chi connectivity index (χ4v) is 3.53. The predicted octanol–water partition coefficient (Wildman–Crippen LogP) is 1.30. The number of nitrogens with zero attached hydrogens (tertiary/aromatic N) is 5. The van der Waals surface area contributed by atoms with Crippen LogP contribution in [-0.4, -0.2) is 54.3 Å². The number of H-pyrrole nitrogens is 1. The molecule has 0 aliphatic carbocycles. The molecule has 144 valence electrons. The summed E-state index contributed by atoms with van der Waals surface area (Å²) in [6.45, 7) is 1.86. The molecule has 3 heterocycles. The molecule has 0 radical (unpaired) electrons. The van der Waals surface area contributed by atoms with Crippen LogP contribution >= 0.6 is 0 Å². The fourth-order valence-electron chi connectivity index (χ4n) is 3.53. The van der Waals surface area contributed by atoms with Crippen molar-refractivity contribution in [1.82, 2.24) is 35.2 Å². The molecule has 0 saturated carbocycles. The Hall–Kier alpha value is -3.49. The van der Waals surface area contributed by atoms with Crippen LogP contribution in [0.5, 0.6) is 0 Å². The van der Waals surface area contributed by atoms with Crippen LogP contribution in [0.4, 0.5) is 0 Å². The van der Waals surface area contributed by atoms with Gasteiger partial charge in [-0.15, -0.1) is 0 Å². The van der Waals surface area contributed by atoms with Crippen molar-refractivity contribution in [2.24, 2.45) is 7.05 Å². The summed E-state index contributed by atoms with van der Waals surface area (Å²) in [5, 5.41) is 14.4. The van der Waals surface area contributed by atoms with Crippen molar-refractivity contribution < 1.29 is 9.59 Å². The number of hydrogen-bond donors (Lipinski definition) is 2. The minimum absolute atomic E-state index is 0.126. The van der Waals surface area contributed by atoms with Crippen molar-refractivity contribution in [3.63, 3.8) is 0 Å². The molecule has 0 spiro atoms. The average molecular weight is 379 g/mol. The van der Waals surface area contributed by atoms with E-state index in [1.165, 1.54) is 6.92 Å². The highest BCUT2D eigenvalue weighted by Gasteiger charge is 2.39. The predicted molar refractivity (Wildman–Crippen MR) is 101 cm³/mol. The summed E-state index contributed by atoms with van der Waals surface area (Å²) in [7, 11) is 1.76. The zero-order valence-corrected chi connectivity index (χ0v) is 15.7. The van der Waals surface area contributed by atoms with E-state index in [0.717, 1.165) is 5.56 Å². The number of likely N-dealkylation sites (tertiary alicyclic amines) is 1. The fraction of sp³-hybridized carbons (Fsp3) is 0.316. The molecule has 1 saturated heterocycles. The second kappa shape index (κ2) is 7.26. The van der Waals surface area contributed by atoms with Crippen molar-refractivity contribution in [1.29, 1.82) is 0 Å². The summed E-state index contributed by atoms with van der Waals surface area (Å²) in [6.07, 6.45) is 2.28. The van der Waals surface area contributed by atoms with Gasteiger partial charge in [-0.3, -0.25) is 19.4 Å². The first-order valence-electron chi connectivity index (χ1n) is 9.06. The summed E-state index contributed by atoms with van der Waals surface area (Å²) in [5.74, 6) is 0.842. The molecule has 3 aromatic rings. The van der Waals surface area contributed by atoms with E-state index in [0.29, 0.717) is 30.3 Å². The van der Waals surface area contributed by atoms with Crippen LogP contribution in [0.15, 0.2) is 42.6 Å². The standard InChI is InChI=1S/C19H21N7O2/c1-12(27)20-14-10-16(26(11-14)19(28)15-8-9-25(2)24-15)18-21-17(22-23-18)13-6-4-3-5-7-13/h3-9,14,16H,10-11H2,1-2H3,(H,20,27)(H,21,22,23). The number of carbonyl (C=O) groups is 2. The number of aromatic amines is 1. The molecule has 1 aliphatic rings. The van der Waals surface area contributed by atoms with Crippen LogP contribution in [0.25, 0.3) is 11.4 Å². The van der Waals surface area contributed by atoms with Gasteiger partial charge in [-0.05, 0) is 12.5 Å². The van der Waals surface area contributed by atoms with E-state index in [-0.39, 0.29) is 23.9 Å². The van der Waals surface area contributed by atoms with Crippen LogP contribution in [0.2, 0.25) is 0 Å². The maximum Gasteiger partial charge on any atom is 0.275 e. The number of benzene rings is 1. The minimum atomic E-state index is -0.323. The van der Waals surface area contributed by atoms with Crippen LogP contribution in [0, 0.1) is 0 Å². The molecule has 2 amide bonds. The zero-order chi connectivity index (χ0) is 19.7. The minimum Gasteiger partial charge on any atom is -0.352 e. The average Bonchev–Trinajstić information content (AvgIpc) is 3.40. The number of hydrogen-bond acceptors (Lipinski definition) is 5. The lowest BCUT2D eigenvalue weighted by atomic mass is 10.1. The van der Waals surface area contributed by atoms with E-state index in [2.05, 4.69) is 25.6 Å². The highest BCUT2D eigenvalue weighted by molar-refractivity contribution is 5.92. The van der Waals surface area contributed by atoms with Gasteiger partial charge in [0.05, 0.1) is 6.04 Å². The third-order valence-corrected chi connectivity index (χ3v) is 4.75. The van der Waals surface area contributed by atoms with Crippen LogP contribution in [0.1, 0.15) is 35.7 Å². The van der Waals surface area contributed by atoms with Crippen LogP contribution in [-0.2, 0) is 11.8 Å². The normalized spacial score (nSPS) is 19.0. The summed E-state index contributed by atoms with van der Waals surface area (Å²) < 4.78 is 1.59. The molecule has 9 nitrogen and oxygen atoms in total. The molecule has 28 heavy (non-hydrogen) atoms. The van der Waals surface area contributed by atoms with Crippen molar-refractivity contribution in [3.8, 4) is 11.4 Å². The van der Waals surface area contributed by atoms with Crippen LogP contribution < -0.4 is 5.32 Å². The van der Waals surface area contributed by atoms with Gasteiger partial charge in [0.1, 0.15) is 11.5 Å². The van der Waals surface area contributed by atoms with E-state index < -0.39 is 0 Å². The molecule has 2 unspecified atom stereocenters. The van der Waals surface area contributed by atoms with E-state index in [1.54, 1.807) is 28.9 Å². The first-order valence-corrected chi connectivity index (χ1v) is 9.06. The van der Waals surface area contributed by atoms with Gasteiger partial charge in [0.25, 0.3) is 5.91 Å². The van der Waals surface area contributed by atoms with Gasteiger partial charge < -0.3 is 10.2 Å². The van der Waals surface area contributed by atoms with E-state index in [9.17, 15) is 9.59 Å². The number of rotatable bonds is 4. The third kappa shape index (κ3) is 3.51. The number of nitrogens with one attached hydrogen (secondary N) is 2. The maximum atomic E-state index is 13.0. The van der Waals surface area contributed by atoms with E-state index >= 15 is 0 Å². The Balaban J connectivity index is 1.63.